The Morgan fingerprint density at radius 3 is 3.00 bits per heavy atom. The summed E-state index contributed by atoms with van der Waals surface area (Å²) in [5.74, 6) is 3.06. The molecule has 112 valence electrons. The molecule has 1 aliphatic rings. The highest BCUT2D eigenvalue weighted by Gasteiger charge is 2.17. The number of nitrogens with one attached hydrogen (secondary N) is 1. The number of ether oxygens (including phenoxy) is 1. The number of hydrogen-bond acceptors (Lipinski definition) is 4. The number of benzene rings is 1. The van der Waals surface area contributed by atoms with Crippen LogP contribution < -0.4 is 10.1 Å². The number of para-hydroxylation sites is 1. The van der Waals surface area contributed by atoms with Gasteiger partial charge >= 0.3 is 0 Å². The van der Waals surface area contributed by atoms with Crippen LogP contribution in [-0.2, 0) is 19.6 Å². The van der Waals surface area contributed by atoms with Crippen molar-refractivity contribution >= 4 is 0 Å². The zero-order valence-corrected chi connectivity index (χ0v) is 12.7. The van der Waals surface area contributed by atoms with Gasteiger partial charge in [0.15, 0.2) is 0 Å². The smallest absolute Gasteiger partial charge is 0.123 e. The topological polar surface area (TPSA) is 37.6 Å². The molecule has 2 heterocycles. The first-order valence-corrected chi connectivity index (χ1v) is 7.42. The summed E-state index contributed by atoms with van der Waals surface area (Å²) < 4.78 is 11.7. The van der Waals surface area contributed by atoms with Crippen LogP contribution in [0.15, 0.2) is 34.7 Å². The fourth-order valence-corrected chi connectivity index (χ4v) is 2.74. The maximum absolute atomic E-state index is 5.94. The maximum Gasteiger partial charge on any atom is 0.123 e. The molecule has 0 unspecified atom stereocenters. The van der Waals surface area contributed by atoms with E-state index in [2.05, 4.69) is 35.3 Å². The van der Waals surface area contributed by atoms with E-state index in [1.807, 2.05) is 19.2 Å². The molecule has 3 rings (SSSR count). The molecule has 21 heavy (non-hydrogen) atoms. The van der Waals surface area contributed by atoms with Crippen LogP contribution in [0.1, 0.15) is 22.6 Å². The minimum absolute atomic E-state index is 0.722. The highest BCUT2D eigenvalue weighted by molar-refractivity contribution is 5.33. The lowest BCUT2D eigenvalue weighted by atomic mass is 10.2. The molecular formula is C17H22N2O2. The van der Waals surface area contributed by atoms with Gasteiger partial charge in [-0.3, -0.25) is 4.90 Å². The summed E-state index contributed by atoms with van der Waals surface area (Å²) in [4.78, 5) is 2.37. The minimum atomic E-state index is 0.722. The molecule has 0 radical (unpaired) electrons. The van der Waals surface area contributed by atoms with Crippen molar-refractivity contribution < 1.29 is 9.15 Å². The first-order valence-electron chi connectivity index (χ1n) is 7.42. The molecule has 1 aromatic carbocycles. The van der Waals surface area contributed by atoms with E-state index in [1.165, 1.54) is 11.1 Å². The van der Waals surface area contributed by atoms with Crippen LogP contribution in [0.4, 0.5) is 0 Å². The molecule has 0 amide bonds. The van der Waals surface area contributed by atoms with Gasteiger partial charge in [0.2, 0.25) is 0 Å². The summed E-state index contributed by atoms with van der Waals surface area (Å²) in [7, 11) is 1.94. The summed E-state index contributed by atoms with van der Waals surface area (Å²) in [5, 5.41) is 3.14. The Kier molecular flexibility index (Phi) is 4.27. The molecule has 4 heteroatoms. The first-order chi connectivity index (χ1) is 10.3. The van der Waals surface area contributed by atoms with E-state index in [0.29, 0.717) is 0 Å². The summed E-state index contributed by atoms with van der Waals surface area (Å²) >= 11 is 0. The van der Waals surface area contributed by atoms with Crippen molar-refractivity contribution in [2.75, 3.05) is 20.2 Å². The van der Waals surface area contributed by atoms with Gasteiger partial charge in [-0.05, 0) is 31.7 Å². The zero-order chi connectivity index (χ0) is 14.7. The number of rotatable bonds is 4. The molecule has 1 aliphatic heterocycles. The van der Waals surface area contributed by atoms with Crippen molar-refractivity contribution in [1.82, 2.24) is 10.2 Å². The summed E-state index contributed by atoms with van der Waals surface area (Å²) in [6, 6.07) is 10.4. The van der Waals surface area contributed by atoms with Gasteiger partial charge in [0.05, 0.1) is 13.1 Å². The third-order valence-electron chi connectivity index (χ3n) is 3.82. The zero-order valence-electron chi connectivity index (χ0n) is 12.7. The van der Waals surface area contributed by atoms with E-state index >= 15 is 0 Å². The quantitative estimate of drug-likeness (QED) is 0.938. The van der Waals surface area contributed by atoms with Crippen molar-refractivity contribution in [2.45, 2.75) is 26.6 Å². The van der Waals surface area contributed by atoms with Crippen LogP contribution in [0.3, 0.4) is 0 Å². The Hall–Kier alpha value is -1.78. The summed E-state index contributed by atoms with van der Waals surface area (Å²) in [5.41, 5.74) is 2.46. The third kappa shape index (κ3) is 3.28. The minimum Gasteiger partial charge on any atom is -0.492 e. The lowest BCUT2D eigenvalue weighted by Gasteiger charge is -2.17. The van der Waals surface area contributed by atoms with Crippen LogP contribution in [-0.4, -0.2) is 25.1 Å². The van der Waals surface area contributed by atoms with E-state index in [-0.39, 0.29) is 0 Å². The second-order valence-corrected chi connectivity index (χ2v) is 5.52. The standard InChI is InChI=1S/C17H22N2O2/c1-13-9-15(21-17(13)10-18-2)12-19-7-8-20-16-6-4-3-5-14(16)11-19/h3-6,9,18H,7-8,10-12H2,1-2H3. The lowest BCUT2D eigenvalue weighted by Crippen LogP contribution is -2.25. The van der Waals surface area contributed by atoms with Gasteiger partial charge < -0.3 is 14.5 Å². The van der Waals surface area contributed by atoms with E-state index in [4.69, 9.17) is 9.15 Å². The first kappa shape index (κ1) is 14.2. The summed E-state index contributed by atoms with van der Waals surface area (Å²) in [6.45, 7) is 6.23. The predicted octanol–water partition coefficient (Wildman–Crippen LogP) is 2.70. The fourth-order valence-electron chi connectivity index (χ4n) is 2.74. The second kappa shape index (κ2) is 6.33. The van der Waals surface area contributed by atoms with Gasteiger partial charge in [0.25, 0.3) is 0 Å². The number of aryl methyl sites for hydroxylation is 1. The molecule has 0 spiro atoms. The molecule has 2 aromatic rings. The Labute approximate surface area is 125 Å². The van der Waals surface area contributed by atoms with Gasteiger partial charge in [-0.15, -0.1) is 0 Å². The molecule has 0 saturated carbocycles. The van der Waals surface area contributed by atoms with E-state index in [0.717, 1.165) is 50.1 Å². The average molecular weight is 286 g/mol. The SMILES string of the molecule is CNCc1oc(CN2CCOc3ccccc3C2)cc1C. The largest absolute Gasteiger partial charge is 0.492 e. The Morgan fingerprint density at radius 1 is 1.29 bits per heavy atom. The Bertz CT molecular complexity index is 607. The van der Waals surface area contributed by atoms with E-state index in [1.54, 1.807) is 0 Å². The molecule has 0 atom stereocenters. The molecule has 0 bridgehead atoms. The monoisotopic (exact) mass is 286 g/mol. The molecule has 4 nitrogen and oxygen atoms in total. The second-order valence-electron chi connectivity index (χ2n) is 5.52. The van der Waals surface area contributed by atoms with Crippen molar-refractivity contribution in [3.05, 3.63) is 53.0 Å². The van der Waals surface area contributed by atoms with Crippen molar-refractivity contribution in [2.24, 2.45) is 0 Å². The molecule has 0 fully saturated rings. The number of hydrogen-bond donors (Lipinski definition) is 1. The molecule has 0 aliphatic carbocycles. The van der Waals surface area contributed by atoms with Crippen LogP contribution in [0.2, 0.25) is 0 Å². The molecule has 1 aromatic heterocycles. The lowest BCUT2D eigenvalue weighted by molar-refractivity contribution is 0.205. The van der Waals surface area contributed by atoms with E-state index < -0.39 is 0 Å². The van der Waals surface area contributed by atoms with Gasteiger partial charge in [-0.25, -0.2) is 0 Å². The van der Waals surface area contributed by atoms with Gasteiger partial charge in [-0.1, -0.05) is 18.2 Å². The fraction of sp³-hybridized carbons (Fsp3) is 0.412. The van der Waals surface area contributed by atoms with Crippen LogP contribution in [0.25, 0.3) is 0 Å². The Balaban J connectivity index is 1.72. The van der Waals surface area contributed by atoms with Crippen LogP contribution in [0.5, 0.6) is 5.75 Å². The average Bonchev–Trinajstić information content (AvgIpc) is 2.70. The normalized spacial score (nSPS) is 15.3. The van der Waals surface area contributed by atoms with Crippen LogP contribution in [0, 0.1) is 6.92 Å². The number of nitrogens with zero attached hydrogens (tertiary/aromatic N) is 1. The van der Waals surface area contributed by atoms with Gasteiger partial charge in [-0.2, -0.15) is 0 Å². The molecular weight excluding hydrogens is 264 g/mol. The number of fused-ring (bicyclic) bond motifs is 1. The highest BCUT2D eigenvalue weighted by Crippen LogP contribution is 2.24. The maximum atomic E-state index is 5.94. The predicted molar refractivity (Wildman–Crippen MR) is 82.3 cm³/mol. The highest BCUT2D eigenvalue weighted by atomic mass is 16.5. The Morgan fingerprint density at radius 2 is 2.14 bits per heavy atom. The van der Waals surface area contributed by atoms with Crippen molar-refractivity contribution in [3.63, 3.8) is 0 Å². The van der Waals surface area contributed by atoms with Crippen LogP contribution >= 0.6 is 0 Å². The summed E-state index contributed by atoms with van der Waals surface area (Å²) in [6.07, 6.45) is 0. The number of furan rings is 1. The third-order valence-corrected chi connectivity index (χ3v) is 3.82. The van der Waals surface area contributed by atoms with Crippen molar-refractivity contribution in [3.8, 4) is 5.75 Å². The van der Waals surface area contributed by atoms with Crippen molar-refractivity contribution in [1.29, 1.82) is 0 Å². The molecule has 0 saturated heterocycles. The van der Waals surface area contributed by atoms with E-state index in [9.17, 15) is 0 Å². The van der Waals surface area contributed by atoms with Gasteiger partial charge in [0, 0.05) is 18.7 Å². The van der Waals surface area contributed by atoms with Gasteiger partial charge in [0.1, 0.15) is 23.9 Å². The molecule has 1 N–H and O–H groups in total.